The van der Waals surface area contributed by atoms with E-state index in [9.17, 15) is 5.11 Å². The van der Waals surface area contributed by atoms with Crippen LogP contribution in [0.5, 0.6) is 11.5 Å². The number of hydrogen-bond acceptors (Lipinski definition) is 5. The third kappa shape index (κ3) is 2.52. The van der Waals surface area contributed by atoms with Crippen LogP contribution in [0.3, 0.4) is 0 Å². The summed E-state index contributed by atoms with van der Waals surface area (Å²) in [5.41, 5.74) is 2.88. The molecule has 0 aliphatic rings. The number of anilines is 1. The third-order valence-corrected chi connectivity index (χ3v) is 3.26. The van der Waals surface area contributed by atoms with Crippen molar-refractivity contribution in [2.24, 2.45) is 0 Å². The van der Waals surface area contributed by atoms with Gasteiger partial charge in [0.2, 0.25) is 0 Å². The highest BCUT2D eigenvalue weighted by Crippen LogP contribution is 2.31. The van der Waals surface area contributed by atoms with Crippen LogP contribution >= 0.6 is 0 Å². The summed E-state index contributed by atoms with van der Waals surface area (Å²) in [6.07, 6.45) is 0.839. The molecule has 0 bridgehead atoms. The Morgan fingerprint density at radius 1 is 1.30 bits per heavy atom. The van der Waals surface area contributed by atoms with Crippen molar-refractivity contribution < 1.29 is 9.84 Å². The van der Waals surface area contributed by atoms with E-state index in [-0.39, 0.29) is 5.75 Å². The van der Waals surface area contributed by atoms with E-state index in [1.807, 2.05) is 14.0 Å². The van der Waals surface area contributed by atoms with Gasteiger partial charge in [-0.2, -0.15) is 0 Å². The van der Waals surface area contributed by atoms with Gasteiger partial charge in [-0.25, -0.2) is 9.97 Å². The number of phenols is 1. The standard InChI is InChI=1S/C15H19N3O2/c1-5-11-9(2)14(16-3)18-15(17-11)10-6-7-12(19)13(8-10)20-4/h6-8,19H,5H2,1-4H3,(H,16,17,18). The van der Waals surface area contributed by atoms with Crippen LogP contribution in [0.1, 0.15) is 18.2 Å². The highest BCUT2D eigenvalue weighted by atomic mass is 16.5. The highest BCUT2D eigenvalue weighted by Gasteiger charge is 2.12. The lowest BCUT2D eigenvalue weighted by molar-refractivity contribution is 0.373. The number of aromatic nitrogens is 2. The van der Waals surface area contributed by atoms with Crippen molar-refractivity contribution in [3.63, 3.8) is 0 Å². The Labute approximate surface area is 118 Å². The number of aromatic hydroxyl groups is 1. The molecule has 106 valence electrons. The van der Waals surface area contributed by atoms with E-state index < -0.39 is 0 Å². The zero-order valence-corrected chi connectivity index (χ0v) is 12.2. The Balaban J connectivity index is 2.57. The zero-order valence-electron chi connectivity index (χ0n) is 12.2. The van der Waals surface area contributed by atoms with Crippen molar-refractivity contribution in [1.29, 1.82) is 0 Å². The SMILES string of the molecule is CCc1nc(-c2ccc(O)c(OC)c2)nc(NC)c1C. The van der Waals surface area contributed by atoms with E-state index in [2.05, 4.69) is 22.2 Å². The Bertz CT molecular complexity index is 602. The molecule has 5 heteroatoms. The van der Waals surface area contributed by atoms with Crippen LogP contribution in [0, 0.1) is 6.92 Å². The largest absolute Gasteiger partial charge is 0.504 e. The average Bonchev–Trinajstić information content (AvgIpc) is 2.48. The van der Waals surface area contributed by atoms with Crippen LogP contribution < -0.4 is 10.1 Å². The van der Waals surface area contributed by atoms with Gasteiger partial charge in [0, 0.05) is 23.9 Å². The van der Waals surface area contributed by atoms with Gasteiger partial charge in [0.1, 0.15) is 5.82 Å². The maximum Gasteiger partial charge on any atom is 0.161 e. The fraction of sp³-hybridized carbons (Fsp3) is 0.333. The maximum atomic E-state index is 9.65. The number of ether oxygens (including phenoxy) is 1. The fourth-order valence-corrected chi connectivity index (χ4v) is 2.10. The van der Waals surface area contributed by atoms with Crippen LogP contribution in [-0.2, 0) is 6.42 Å². The van der Waals surface area contributed by atoms with E-state index in [4.69, 9.17) is 4.74 Å². The van der Waals surface area contributed by atoms with E-state index in [1.54, 1.807) is 18.2 Å². The number of aryl methyl sites for hydroxylation is 1. The zero-order chi connectivity index (χ0) is 14.7. The Kier molecular flexibility index (Phi) is 4.08. The molecular formula is C15H19N3O2. The molecule has 5 nitrogen and oxygen atoms in total. The quantitative estimate of drug-likeness (QED) is 0.896. The molecule has 0 amide bonds. The molecule has 0 atom stereocenters. The first kappa shape index (κ1) is 14.1. The van der Waals surface area contributed by atoms with E-state index in [0.29, 0.717) is 11.6 Å². The molecule has 1 aromatic heterocycles. The fourth-order valence-electron chi connectivity index (χ4n) is 2.10. The van der Waals surface area contributed by atoms with Crippen LogP contribution in [0.2, 0.25) is 0 Å². The molecule has 2 aromatic rings. The van der Waals surface area contributed by atoms with Crippen molar-refractivity contribution >= 4 is 5.82 Å². The molecule has 0 saturated heterocycles. The van der Waals surface area contributed by atoms with Crippen molar-refractivity contribution in [2.45, 2.75) is 20.3 Å². The molecule has 20 heavy (non-hydrogen) atoms. The molecule has 0 radical (unpaired) electrons. The van der Waals surface area contributed by atoms with Gasteiger partial charge in [-0.3, -0.25) is 0 Å². The molecule has 2 N–H and O–H groups in total. The average molecular weight is 273 g/mol. The molecule has 0 spiro atoms. The topological polar surface area (TPSA) is 67.3 Å². The summed E-state index contributed by atoms with van der Waals surface area (Å²) >= 11 is 0. The van der Waals surface area contributed by atoms with Crippen LogP contribution in [0.25, 0.3) is 11.4 Å². The predicted molar refractivity (Wildman–Crippen MR) is 79.3 cm³/mol. The molecule has 0 aliphatic carbocycles. The third-order valence-electron chi connectivity index (χ3n) is 3.26. The smallest absolute Gasteiger partial charge is 0.161 e. The molecule has 1 heterocycles. The van der Waals surface area contributed by atoms with Gasteiger partial charge in [0.15, 0.2) is 17.3 Å². The minimum absolute atomic E-state index is 0.105. The number of rotatable bonds is 4. The minimum atomic E-state index is 0.105. The summed E-state index contributed by atoms with van der Waals surface area (Å²) in [5.74, 6) is 1.96. The van der Waals surface area contributed by atoms with Gasteiger partial charge in [-0.1, -0.05) is 6.92 Å². The molecular weight excluding hydrogens is 254 g/mol. The summed E-state index contributed by atoms with van der Waals surface area (Å²) in [6, 6.07) is 5.10. The van der Waals surface area contributed by atoms with Gasteiger partial charge in [0.25, 0.3) is 0 Å². The second-order valence-corrected chi connectivity index (χ2v) is 4.46. The lowest BCUT2D eigenvalue weighted by Crippen LogP contribution is -2.04. The van der Waals surface area contributed by atoms with E-state index in [1.165, 1.54) is 7.11 Å². The Morgan fingerprint density at radius 2 is 2.05 bits per heavy atom. The first-order chi connectivity index (χ1) is 9.60. The number of methoxy groups -OCH3 is 1. The molecule has 0 unspecified atom stereocenters. The summed E-state index contributed by atoms with van der Waals surface area (Å²) in [5, 5.41) is 12.7. The minimum Gasteiger partial charge on any atom is -0.504 e. The first-order valence-electron chi connectivity index (χ1n) is 6.53. The highest BCUT2D eigenvalue weighted by molar-refractivity contribution is 5.63. The summed E-state index contributed by atoms with van der Waals surface area (Å²) < 4.78 is 5.12. The molecule has 0 aliphatic heterocycles. The van der Waals surface area contributed by atoms with Crippen molar-refractivity contribution in [2.75, 3.05) is 19.5 Å². The monoisotopic (exact) mass is 273 g/mol. The number of benzene rings is 1. The van der Waals surface area contributed by atoms with Gasteiger partial charge in [-0.05, 0) is 31.5 Å². The molecule has 1 aromatic carbocycles. The lowest BCUT2D eigenvalue weighted by Gasteiger charge is -2.12. The van der Waals surface area contributed by atoms with Crippen LogP contribution in [0.4, 0.5) is 5.82 Å². The van der Waals surface area contributed by atoms with Gasteiger partial charge in [0.05, 0.1) is 7.11 Å². The molecule has 0 saturated carbocycles. The first-order valence-corrected chi connectivity index (χ1v) is 6.53. The number of nitrogens with zero attached hydrogens (tertiary/aromatic N) is 2. The van der Waals surface area contributed by atoms with Gasteiger partial charge < -0.3 is 15.2 Å². The Hall–Kier alpha value is -2.30. The van der Waals surface area contributed by atoms with Crippen LogP contribution in [-0.4, -0.2) is 29.2 Å². The van der Waals surface area contributed by atoms with E-state index >= 15 is 0 Å². The van der Waals surface area contributed by atoms with Gasteiger partial charge in [-0.15, -0.1) is 0 Å². The number of hydrogen-bond donors (Lipinski definition) is 2. The molecule has 0 fully saturated rings. The second kappa shape index (κ2) is 5.77. The van der Waals surface area contributed by atoms with Crippen molar-refractivity contribution in [3.8, 4) is 22.9 Å². The lowest BCUT2D eigenvalue weighted by atomic mass is 10.1. The van der Waals surface area contributed by atoms with Gasteiger partial charge >= 0.3 is 0 Å². The van der Waals surface area contributed by atoms with Crippen molar-refractivity contribution in [3.05, 3.63) is 29.5 Å². The summed E-state index contributed by atoms with van der Waals surface area (Å²) in [6.45, 7) is 4.07. The predicted octanol–water partition coefficient (Wildman–Crippen LogP) is 2.77. The Morgan fingerprint density at radius 3 is 2.65 bits per heavy atom. The van der Waals surface area contributed by atoms with Crippen molar-refractivity contribution in [1.82, 2.24) is 9.97 Å². The maximum absolute atomic E-state index is 9.65. The number of phenolic OH excluding ortho intramolecular Hbond substituents is 1. The normalized spacial score (nSPS) is 10.4. The summed E-state index contributed by atoms with van der Waals surface area (Å²) in [7, 11) is 3.36. The van der Waals surface area contributed by atoms with Crippen LogP contribution in [0.15, 0.2) is 18.2 Å². The number of nitrogens with one attached hydrogen (secondary N) is 1. The molecule has 2 rings (SSSR count). The second-order valence-electron chi connectivity index (χ2n) is 4.46. The van der Waals surface area contributed by atoms with E-state index in [0.717, 1.165) is 29.1 Å². The summed E-state index contributed by atoms with van der Waals surface area (Å²) in [4.78, 5) is 9.10.